The number of pyridine rings is 1. The highest BCUT2D eigenvalue weighted by atomic mass is 16.2. The molecule has 0 saturated carbocycles. The fraction of sp³-hybridized carbons (Fsp3) is 0.400. The minimum absolute atomic E-state index is 0.157. The normalized spacial score (nSPS) is 12.1. The Morgan fingerprint density at radius 1 is 1.60 bits per heavy atom. The van der Waals surface area contributed by atoms with Gasteiger partial charge in [-0.05, 0) is 12.0 Å². The van der Waals surface area contributed by atoms with E-state index in [-0.39, 0.29) is 11.5 Å². The van der Waals surface area contributed by atoms with Crippen molar-refractivity contribution in [1.29, 1.82) is 0 Å². The number of nitrogens with two attached hydrogens (primary N) is 1. The zero-order valence-corrected chi connectivity index (χ0v) is 8.62. The van der Waals surface area contributed by atoms with E-state index in [1.54, 1.807) is 12.3 Å². The summed E-state index contributed by atoms with van der Waals surface area (Å²) in [7, 11) is 0. The van der Waals surface area contributed by atoms with Crippen LogP contribution >= 0.6 is 0 Å². The summed E-state index contributed by atoms with van der Waals surface area (Å²) in [6.45, 7) is 2.23. The lowest BCUT2D eigenvalue weighted by atomic mass is 10.2. The maximum Gasteiger partial charge on any atom is 0.247 e. The Labute approximate surface area is 87.7 Å². The fourth-order valence-electron chi connectivity index (χ4n) is 1.06. The molecule has 0 unspecified atom stereocenters. The Morgan fingerprint density at radius 3 is 2.87 bits per heavy atom. The molecule has 0 saturated heterocycles. The van der Waals surface area contributed by atoms with Crippen LogP contribution in [0, 0.1) is 0 Å². The van der Waals surface area contributed by atoms with E-state index in [0.717, 1.165) is 5.56 Å². The van der Waals surface area contributed by atoms with Crippen molar-refractivity contribution < 1.29 is 4.79 Å². The lowest BCUT2D eigenvalue weighted by Crippen LogP contribution is -2.39. The lowest BCUT2D eigenvalue weighted by molar-refractivity contribution is -0.122. The summed E-state index contributed by atoms with van der Waals surface area (Å²) in [4.78, 5) is 24.6. The third-order valence-electron chi connectivity index (χ3n) is 2.09. The standard InChI is InChI=1S/C10H15N3O2/c1-2-8(11)10(15)13-6-7-3-4-9(14)12-5-7/h3-5,8H,2,6,11H2,1H3,(H,12,14)(H,13,15)/t8-/m0/s1. The second-order valence-corrected chi connectivity index (χ2v) is 3.29. The highest BCUT2D eigenvalue weighted by Gasteiger charge is 2.09. The third kappa shape index (κ3) is 3.55. The summed E-state index contributed by atoms with van der Waals surface area (Å²) in [6, 6.07) is 2.62. The molecular formula is C10H15N3O2. The molecule has 82 valence electrons. The first-order valence-corrected chi connectivity index (χ1v) is 4.84. The van der Waals surface area contributed by atoms with Crippen LogP contribution in [-0.4, -0.2) is 16.9 Å². The molecule has 1 rings (SSSR count). The van der Waals surface area contributed by atoms with Crippen molar-refractivity contribution in [2.75, 3.05) is 0 Å². The van der Waals surface area contributed by atoms with E-state index in [1.807, 2.05) is 6.92 Å². The van der Waals surface area contributed by atoms with Crippen LogP contribution in [0.3, 0.4) is 0 Å². The predicted octanol–water partition coefficient (Wildman–Crippen LogP) is -0.272. The van der Waals surface area contributed by atoms with Gasteiger partial charge in [0.1, 0.15) is 0 Å². The van der Waals surface area contributed by atoms with Crippen LogP contribution in [0.1, 0.15) is 18.9 Å². The van der Waals surface area contributed by atoms with Crippen molar-refractivity contribution in [3.8, 4) is 0 Å². The third-order valence-corrected chi connectivity index (χ3v) is 2.09. The number of amides is 1. The van der Waals surface area contributed by atoms with E-state index in [0.29, 0.717) is 13.0 Å². The van der Waals surface area contributed by atoms with Gasteiger partial charge in [0.05, 0.1) is 6.04 Å². The molecule has 4 N–H and O–H groups in total. The molecule has 0 aliphatic heterocycles. The van der Waals surface area contributed by atoms with Crippen LogP contribution in [-0.2, 0) is 11.3 Å². The van der Waals surface area contributed by atoms with Gasteiger partial charge in [0.15, 0.2) is 0 Å². The number of aromatic amines is 1. The minimum Gasteiger partial charge on any atom is -0.351 e. The van der Waals surface area contributed by atoms with Crippen molar-refractivity contribution in [3.05, 3.63) is 34.2 Å². The summed E-state index contributed by atoms with van der Waals surface area (Å²) in [5.74, 6) is -0.177. The van der Waals surface area contributed by atoms with E-state index in [1.165, 1.54) is 6.07 Å². The maximum absolute atomic E-state index is 11.3. The van der Waals surface area contributed by atoms with Crippen LogP contribution in [0.4, 0.5) is 0 Å². The molecule has 15 heavy (non-hydrogen) atoms. The second-order valence-electron chi connectivity index (χ2n) is 3.29. The molecule has 5 heteroatoms. The Kier molecular flexibility index (Phi) is 4.05. The number of aromatic nitrogens is 1. The summed E-state index contributed by atoms with van der Waals surface area (Å²) in [5, 5.41) is 2.68. The molecule has 0 aromatic carbocycles. The summed E-state index contributed by atoms with van der Waals surface area (Å²) >= 11 is 0. The number of carbonyl (C=O) groups is 1. The van der Waals surface area contributed by atoms with Crippen molar-refractivity contribution in [2.45, 2.75) is 25.9 Å². The Hall–Kier alpha value is -1.62. The van der Waals surface area contributed by atoms with Gasteiger partial charge in [0, 0.05) is 18.8 Å². The molecule has 0 aliphatic rings. The van der Waals surface area contributed by atoms with Gasteiger partial charge in [0.2, 0.25) is 11.5 Å². The van der Waals surface area contributed by atoms with Gasteiger partial charge in [-0.2, -0.15) is 0 Å². The Balaban J connectivity index is 2.47. The molecule has 0 radical (unpaired) electrons. The summed E-state index contributed by atoms with van der Waals surface area (Å²) in [6.07, 6.45) is 2.18. The average molecular weight is 209 g/mol. The number of hydrogen-bond acceptors (Lipinski definition) is 3. The van der Waals surface area contributed by atoms with E-state index in [4.69, 9.17) is 5.73 Å². The van der Waals surface area contributed by atoms with E-state index >= 15 is 0 Å². The van der Waals surface area contributed by atoms with Crippen molar-refractivity contribution in [3.63, 3.8) is 0 Å². The van der Waals surface area contributed by atoms with Crippen LogP contribution in [0.15, 0.2) is 23.1 Å². The Morgan fingerprint density at radius 2 is 2.33 bits per heavy atom. The highest BCUT2D eigenvalue weighted by Crippen LogP contribution is 1.93. The maximum atomic E-state index is 11.3. The first kappa shape index (κ1) is 11.5. The molecule has 0 spiro atoms. The molecule has 0 fully saturated rings. The molecular weight excluding hydrogens is 194 g/mol. The molecule has 1 atom stereocenters. The zero-order valence-electron chi connectivity index (χ0n) is 8.62. The average Bonchev–Trinajstić information content (AvgIpc) is 2.26. The quantitative estimate of drug-likeness (QED) is 0.637. The van der Waals surface area contributed by atoms with Gasteiger partial charge in [-0.25, -0.2) is 0 Å². The van der Waals surface area contributed by atoms with Crippen LogP contribution in [0.25, 0.3) is 0 Å². The van der Waals surface area contributed by atoms with Crippen molar-refractivity contribution in [1.82, 2.24) is 10.3 Å². The van der Waals surface area contributed by atoms with Gasteiger partial charge in [-0.15, -0.1) is 0 Å². The number of nitrogens with one attached hydrogen (secondary N) is 2. The molecule has 0 aliphatic carbocycles. The molecule has 5 nitrogen and oxygen atoms in total. The fourth-order valence-corrected chi connectivity index (χ4v) is 1.06. The molecule has 1 amide bonds. The predicted molar refractivity (Wildman–Crippen MR) is 57.2 cm³/mol. The first-order valence-electron chi connectivity index (χ1n) is 4.84. The topological polar surface area (TPSA) is 88.0 Å². The number of carbonyl (C=O) groups excluding carboxylic acids is 1. The monoisotopic (exact) mass is 209 g/mol. The largest absolute Gasteiger partial charge is 0.351 e. The smallest absolute Gasteiger partial charge is 0.247 e. The minimum atomic E-state index is -0.465. The van der Waals surface area contributed by atoms with Gasteiger partial charge < -0.3 is 16.0 Å². The van der Waals surface area contributed by atoms with Gasteiger partial charge >= 0.3 is 0 Å². The Bertz CT molecular complexity index is 366. The summed E-state index contributed by atoms with van der Waals surface area (Å²) in [5.41, 5.74) is 6.22. The summed E-state index contributed by atoms with van der Waals surface area (Å²) < 4.78 is 0. The number of H-pyrrole nitrogens is 1. The molecule has 1 heterocycles. The van der Waals surface area contributed by atoms with Gasteiger partial charge in [-0.3, -0.25) is 9.59 Å². The van der Waals surface area contributed by atoms with Crippen LogP contribution in [0.2, 0.25) is 0 Å². The SMILES string of the molecule is CC[C@H](N)C(=O)NCc1ccc(=O)[nH]c1. The van der Waals surface area contributed by atoms with E-state index in [2.05, 4.69) is 10.3 Å². The van der Waals surface area contributed by atoms with E-state index < -0.39 is 6.04 Å². The van der Waals surface area contributed by atoms with Crippen LogP contribution in [0.5, 0.6) is 0 Å². The molecule has 1 aromatic heterocycles. The van der Waals surface area contributed by atoms with Crippen molar-refractivity contribution in [2.24, 2.45) is 5.73 Å². The first-order chi connectivity index (χ1) is 7.13. The van der Waals surface area contributed by atoms with E-state index in [9.17, 15) is 9.59 Å². The van der Waals surface area contributed by atoms with Crippen molar-refractivity contribution >= 4 is 5.91 Å². The lowest BCUT2D eigenvalue weighted by Gasteiger charge is -2.09. The van der Waals surface area contributed by atoms with Gasteiger partial charge in [-0.1, -0.05) is 13.0 Å². The number of rotatable bonds is 4. The zero-order chi connectivity index (χ0) is 11.3. The molecule has 1 aromatic rings. The highest BCUT2D eigenvalue weighted by molar-refractivity contribution is 5.81. The number of hydrogen-bond donors (Lipinski definition) is 3. The van der Waals surface area contributed by atoms with Crippen LogP contribution < -0.4 is 16.6 Å². The second kappa shape index (κ2) is 5.31. The molecule has 0 bridgehead atoms. The van der Waals surface area contributed by atoms with Gasteiger partial charge in [0.25, 0.3) is 0 Å².